The van der Waals surface area contributed by atoms with Gasteiger partial charge in [0.2, 0.25) is 5.60 Å². The predicted octanol–water partition coefficient (Wildman–Crippen LogP) is 4.91. The van der Waals surface area contributed by atoms with E-state index in [0.717, 1.165) is 59.7 Å². The summed E-state index contributed by atoms with van der Waals surface area (Å²) in [6, 6.07) is 1.99. The van der Waals surface area contributed by atoms with Gasteiger partial charge in [-0.05, 0) is 83.3 Å². The van der Waals surface area contributed by atoms with Gasteiger partial charge in [0.25, 0.3) is 0 Å². The molecule has 1 aromatic heterocycles. The van der Waals surface area contributed by atoms with Crippen molar-refractivity contribution >= 4 is 11.9 Å². The van der Waals surface area contributed by atoms with Crippen molar-refractivity contribution in [3.8, 4) is 0 Å². The molecule has 0 unspecified atom stereocenters. The first-order chi connectivity index (χ1) is 16.0. The van der Waals surface area contributed by atoms with E-state index in [2.05, 4.69) is 35.5 Å². The SMILES string of the molecule is COC(=O)[C@](O)(C[C@H](C)CCCC(C)=CCCC(C)=CCCc1ccoc1)[C@](C)(O)C(=O)OC. The fourth-order valence-electron chi connectivity index (χ4n) is 4.02. The summed E-state index contributed by atoms with van der Waals surface area (Å²) in [6.45, 7) is 7.21. The van der Waals surface area contributed by atoms with E-state index in [9.17, 15) is 19.8 Å². The van der Waals surface area contributed by atoms with Crippen molar-refractivity contribution in [3.05, 3.63) is 47.5 Å². The van der Waals surface area contributed by atoms with Crippen LogP contribution in [0.5, 0.6) is 0 Å². The Balaban J connectivity index is 2.48. The maximum absolute atomic E-state index is 12.3. The van der Waals surface area contributed by atoms with Gasteiger partial charge in [0.1, 0.15) is 0 Å². The molecular weight excluding hydrogens is 436 g/mol. The zero-order chi connectivity index (χ0) is 25.8. The van der Waals surface area contributed by atoms with Crippen molar-refractivity contribution in [2.24, 2.45) is 5.92 Å². The minimum absolute atomic E-state index is 0.118. The summed E-state index contributed by atoms with van der Waals surface area (Å²) >= 11 is 0. The molecule has 1 heterocycles. The van der Waals surface area contributed by atoms with Crippen LogP contribution in [0.15, 0.2) is 46.3 Å². The van der Waals surface area contributed by atoms with Gasteiger partial charge in [-0.1, -0.05) is 36.6 Å². The van der Waals surface area contributed by atoms with Gasteiger partial charge in [0, 0.05) is 0 Å². The second-order valence-electron chi connectivity index (χ2n) is 9.43. The van der Waals surface area contributed by atoms with E-state index in [-0.39, 0.29) is 12.3 Å². The molecule has 0 spiro atoms. The average molecular weight is 479 g/mol. The zero-order valence-corrected chi connectivity index (χ0v) is 21.6. The van der Waals surface area contributed by atoms with Crippen LogP contribution in [-0.4, -0.2) is 47.6 Å². The minimum Gasteiger partial charge on any atom is -0.472 e. The van der Waals surface area contributed by atoms with Gasteiger partial charge in [0.05, 0.1) is 26.7 Å². The maximum atomic E-state index is 12.3. The van der Waals surface area contributed by atoms with Crippen molar-refractivity contribution < 1.29 is 33.7 Å². The minimum atomic E-state index is -2.41. The van der Waals surface area contributed by atoms with Crippen LogP contribution in [0.1, 0.15) is 78.2 Å². The Morgan fingerprint density at radius 3 is 2.26 bits per heavy atom. The van der Waals surface area contributed by atoms with Crippen LogP contribution in [0.2, 0.25) is 0 Å². The normalized spacial score (nSPS) is 16.9. The Hall–Kier alpha value is -2.38. The van der Waals surface area contributed by atoms with E-state index in [1.54, 1.807) is 12.5 Å². The number of rotatable bonds is 15. The highest BCUT2D eigenvalue weighted by molar-refractivity contribution is 5.92. The summed E-state index contributed by atoms with van der Waals surface area (Å²) in [5.74, 6) is -2.27. The van der Waals surface area contributed by atoms with Gasteiger partial charge in [-0.3, -0.25) is 0 Å². The van der Waals surface area contributed by atoms with Crippen LogP contribution >= 0.6 is 0 Å². The third-order valence-corrected chi connectivity index (χ3v) is 6.36. The molecular formula is C27H42O7. The quantitative estimate of drug-likeness (QED) is 0.272. The van der Waals surface area contributed by atoms with Crippen molar-refractivity contribution in [1.82, 2.24) is 0 Å². The second kappa shape index (κ2) is 14.1. The summed E-state index contributed by atoms with van der Waals surface area (Å²) in [6.07, 6.45) is 14.4. The molecule has 0 radical (unpaired) electrons. The fraction of sp³-hybridized carbons (Fsp3) is 0.630. The van der Waals surface area contributed by atoms with Gasteiger partial charge in [-0.2, -0.15) is 0 Å². The molecule has 0 amide bonds. The average Bonchev–Trinajstić information content (AvgIpc) is 3.31. The van der Waals surface area contributed by atoms with E-state index in [0.29, 0.717) is 6.42 Å². The van der Waals surface area contributed by atoms with E-state index in [1.807, 2.05) is 13.0 Å². The fourth-order valence-corrected chi connectivity index (χ4v) is 4.02. The third-order valence-electron chi connectivity index (χ3n) is 6.36. The Morgan fingerprint density at radius 2 is 1.68 bits per heavy atom. The van der Waals surface area contributed by atoms with Gasteiger partial charge in [0.15, 0.2) is 5.60 Å². The molecule has 0 aliphatic heterocycles. The van der Waals surface area contributed by atoms with Crippen LogP contribution in [0.25, 0.3) is 0 Å². The number of carbonyl (C=O) groups excluding carboxylic acids is 2. The van der Waals surface area contributed by atoms with E-state index < -0.39 is 23.1 Å². The van der Waals surface area contributed by atoms with Crippen molar-refractivity contribution in [2.45, 2.75) is 90.3 Å². The zero-order valence-electron chi connectivity index (χ0n) is 21.6. The largest absolute Gasteiger partial charge is 0.472 e. The number of methoxy groups -OCH3 is 2. The van der Waals surface area contributed by atoms with Gasteiger partial charge >= 0.3 is 11.9 Å². The Labute approximate surface area is 203 Å². The van der Waals surface area contributed by atoms with Crippen molar-refractivity contribution in [1.29, 1.82) is 0 Å². The molecule has 7 heteroatoms. The first kappa shape index (κ1) is 29.7. The summed E-state index contributed by atoms with van der Waals surface area (Å²) in [4.78, 5) is 24.2. The van der Waals surface area contributed by atoms with Crippen LogP contribution in [-0.2, 0) is 25.5 Å². The number of ether oxygens (including phenoxy) is 2. The molecule has 192 valence electrons. The maximum Gasteiger partial charge on any atom is 0.341 e. The molecule has 7 nitrogen and oxygen atoms in total. The Morgan fingerprint density at radius 1 is 1.06 bits per heavy atom. The topological polar surface area (TPSA) is 106 Å². The monoisotopic (exact) mass is 478 g/mol. The first-order valence-electron chi connectivity index (χ1n) is 11.9. The van der Waals surface area contributed by atoms with Crippen LogP contribution in [0.3, 0.4) is 0 Å². The molecule has 0 saturated carbocycles. The summed E-state index contributed by atoms with van der Waals surface area (Å²) in [5, 5.41) is 21.5. The number of hydrogen-bond acceptors (Lipinski definition) is 7. The standard InChI is InChI=1S/C27H42O7/c1-20(10-7-11-21(2)13-9-15-23-16-17-34-19-23)12-8-14-22(3)18-27(31,25(29)33-6)26(4,30)24(28)32-5/h10,13,16-17,19,22,30-31H,7-9,11-12,14-15,18H2,1-6H3/t22-,26-,27-/m1/s1. The summed E-state index contributed by atoms with van der Waals surface area (Å²) in [5.41, 5.74) is -0.916. The number of esters is 2. The molecule has 0 aliphatic carbocycles. The lowest BCUT2D eigenvalue weighted by Crippen LogP contribution is -2.63. The number of carbonyl (C=O) groups is 2. The smallest absolute Gasteiger partial charge is 0.341 e. The highest BCUT2D eigenvalue weighted by Crippen LogP contribution is 2.33. The molecule has 0 fully saturated rings. The number of furan rings is 1. The van der Waals surface area contributed by atoms with Crippen molar-refractivity contribution in [3.63, 3.8) is 0 Å². The molecule has 0 aromatic carbocycles. The van der Waals surface area contributed by atoms with Crippen molar-refractivity contribution in [2.75, 3.05) is 14.2 Å². The number of aliphatic hydroxyl groups is 2. The molecule has 2 N–H and O–H groups in total. The second-order valence-corrected chi connectivity index (χ2v) is 9.43. The molecule has 1 rings (SSSR count). The van der Waals surface area contributed by atoms with Crippen LogP contribution in [0, 0.1) is 5.92 Å². The molecule has 0 bridgehead atoms. The third kappa shape index (κ3) is 8.76. The summed E-state index contributed by atoms with van der Waals surface area (Å²) < 4.78 is 14.3. The molecule has 0 aliphatic rings. The predicted molar refractivity (Wildman–Crippen MR) is 131 cm³/mol. The summed E-state index contributed by atoms with van der Waals surface area (Å²) in [7, 11) is 2.20. The molecule has 3 atom stereocenters. The highest BCUT2D eigenvalue weighted by Gasteiger charge is 2.58. The highest BCUT2D eigenvalue weighted by atomic mass is 16.6. The molecule has 34 heavy (non-hydrogen) atoms. The van der Waals surface area contributed by atoms with Gasteiger partial charge < -0.3 is 24.1 Å². The number of allylic oxidation sites excluding steroid dienone is 4. The van der Waals surface area contributed by atoms with E-state index in [4.69, 9.17) is 4.42 Å². The van der Waals surface area contributed by atoms with Gasteiger partial charge in [-0.25, -0.2) is 9.59 Å². The Kier molecular flexibility index (Phi) is 12.3. The first-order valence-corrected chi connectivity index (χ1v) is 11.9. The Bertz CT molecular complexity index is 820. The lowest BCUT2D eigenvalue weighted by molar-refractivity contribution is -0.210. The lowest BCUT2D eigenvalue weighted by atomic mass is 9.76. The number of aryl methyl sites for hydroxylation is 1. The lowest BCUT2D eigenvalue weighted by Gasteiger charge is -2.37. The van der Waals surface area contributed by atoms with E-state index in [1.165, 1.54) is 16.7 Å². The molecule has 0 saturated heterocycles. The van der Waals surface area contributed by atoms with Gasteiger partial charge in [-0.15, -0.1) is 0 Å². The van der Waals surface area contributed by atoms with Crippen LogP contribution < -0.4 is 0 Å². The molecule has 1 aromatic rings. The van der Waals surface area contributed by atoms with E-state index >= 15 is 0 Å². The van der Waals surface area contributed by atoms with Crippen LogP contribution in [0.4, 0.5) is 0 Å². The number of hydrogen-bond donors (Lipinski definition) is 2.